The number of nitrogens with one attached hydrogen (secondary N) is 1. The van der Waals surface area contributed by atoms with Crippen LogP contribution in [0.2, 0.25) is 0 Å². The maximum absolute atomic E-state index is 13.1. The summed E-state index contributed by atoms with van der Waals surface area (Å²) in [5, 5.41) is 2.97. The Morgan fingerprint density at radius 2 is 1.70 bits per heavy atom. The van der Waals surface area contributed by atoms with E-state index < -0.39 is 15.8 Å². The van der Waals surface area contributed by atoms with Crippen LogP contribution >= 0.6 is 0 Å². The lowest BCUT2D eigenvalue weighted by molar-refractivity contribution is -0.126. The molecule has 0 spiro atoms. The quantitative estimate of drug-likeness (QED) is 0.575. The molecule has 1 N–H and O–H groups in total. The second-order valence-electron chi connectivity index (χ2n) is 8.28. The smallest absolute Gasteiger partial charge is 0.223 e. The van der Waals surface area contributed by atoms with Gasteiger partial charge in [0.25, 0.3) is 0 Å². The summed E-state index contributed by atoms with van der Waals surface area (Å²) < 4.78 is 41.8. The van der Waals surface area contributed by atoms with Crippen molar-refractivity contribution in [1.82, 2.24) is 19.2 Å². The van der Waals surface area contributed by atoms with Crippen LogP contribution in [0.15, 0.2) is 60.9 Å². The Balaban J connectivity index is 1.26. The summed E-state index contributed by atoms with van der Waals surface area (Å²) in [6.07, 6.45) is 4.61. The minimum atomic E-state index is -3.51. The molecule has 0 atom stereocenters. The Labute approximate surface area is 193 Å². The van der Waals surface area contributed by atoms with Crippen LogP contribution in [0.3, 0.4) is 0 Å². The van der Waals surface area contributed by atoms with E-state index in [1.54, 1.807) is 6.20 Å². The van der Waals surface area contributed by atoms with Gasteiger partial charge in [-0.1, -0.05) is 24.3 Å². The van der Waals surface area contributed by atoms with Gasteiger partial charge in [0.2, 0.25) is 15.9 Å². The van der Waals surface area contributed by atoms with Crippen LogP contribution in [0, 0.1) is 18.7 Å². The SMILES string of the molecule is Cc1nccn1-c1ccc(CNC(=O)C2CCN(S(=O)(=O)Cc3ccc(F)cc3)CC2)cc1. The lowest BCUT2D eigenvalue weighted by Gasteiger charge is -2.30. The molecule has 1 aliphatic heterocycles. The average molecular weight is 471 g/mol. The number of rotatable bonds is 7. The highest BCUT2D eigenvalue weighted by Gasteiger charge is 2.31. The average Bonchev–Trinajstić information content (AvgIpc) is 3.25. The molecule has 9 heteroatoms. The Kier molecular flexibility index (Phi) is 6.90. The van der Waals surface area contributed by atoms with E-state index in [4.69, 9.17) is 0 Å². The molecule has 2 aromatic carbocycles. The number of halogens is 1. The number of piperidine rings is 1. The first-order valence-electron chi connectivity index (χ1n) is 10.9. The number of aryl methyl sites for hydroxylation is 1. The molecule has 1 aromatic heterocycles. The van der Waals surface area contributed by atoms with Gasteiger partial charge in [-0.05, 0) is 55.2 Å². The molecular weight excluding hydrogens is 443 g/mol. The first-order valence-corrected chi connectivity index (χ1v) is 12.5. The van der Waals surface area contributed by atoms with Crippen LogP contribution in [0.4, 0.5) is 4.39 Å². The second kappa shape index (κ2) is 9.84. The van der Waals surface area contributed by atoms with E-state index in [9.17, 15) is 17.6 Å². The van der Waals surface area contributed by atoms with Gasteiger partial charge in [0, 0.05) is 43.6 Å². The van der Waals surface area contributed by atoms with Crippen molar-refractivity contribution in [2.75, 3.05) is 13.1 Å². The van der Waals surface area contributed by atoms with Crippen molar-refractivity contribution in [1.29, 1.82) is 0 Å². The van der Waals surface area contributed by atoms with Gasteiger partial charge in [-0.15, -0.1) is 0 Å². The maximum Gasteiger partial charge on any atom is 0.223 e. The summed E-state index contributed by atoms with van der Waals surface area (Å²) >= 11 is 0. The number of hydrogen-bond acceptors (Lipinski definition) is 4. The zero-order chi connectivity index (χ0) is 23.4. The van der Waals surface area contributed by atoms with Crippen molar-refractivity contribution in [3.8, 4) is 5.69 Å². The fourth-order valence-corrected chi connectivity index (χ4v) is 5.60. The third-order valence-electron chi connectivity index (χ3n) is 5.99. The molecule has 0 unspecified atom stereocenters. The number of carbonyl (C=O) groups excluding carboxylic acids is 1. The molecular formula is C24H27FN4O3S. The summed E-state index contributed by atoms with van der Waals surface area (Å²) in [7, 11) is -3.51. The van der Waals surface area contributed by atoms with Gasteiger partial charge in [-0.25, -0.2) is 22.1 Å². The number of nitrogens with zero attached hydrogens (tertiary/aromatic N) is 3. The molecule has 1 fully saturated rings. The number of imidazole rings is 1. The van der Waals surface area contributed by atoms with Crippen molar-refractivity contribution in [2.45, 2.75) is 32.1 Å². The molecule has 0 radical (unpaired) electrons. The molecule has 2 heterocycles. The summed E-state index contributed by atoms with van der Waals surface area (Å²) in [6.45, 7) is 2.97. The van der Waals surface area contributed by atoms with Crippen LogP contribution in [0.5, 0.6) is 0 Å². The first kappa shape index (κ1) is 23.1. The molecule has 1 saturated heterocycles. The van der Waals surface area contributed by atoms with E-state index >= 15 is 0 Å². The fourth-order valence-electron chi connectivity index (χ4n) is 4.04. The van der Waals surface area contributed by atoms with Gasteiger partial charge in [0.1, 0.15) is 11.6 Å². The molecule has 0 saturated carbocycles. The lowest BCUT2D eigenvalue weighted by atomic mass is 9.97. The minimum Gasteiger partial charge on any atom is -0.352 e. The molecule has 0 bridgehead atoms. The Morgan fingerprint density at radius 3 is 2.30 bits per heavy atom. The number of sulfonamides is 1. The second-order valence-corrected chi connectivity index (χ2v) is 10.3. The highest BCUT2D eigenvalue weighted by Crippen LogP contribution is 2.22. The zero-order valence-electron chi connectivity index (χ0n) is 18.4. The standard InChI is InChI=1S/C24H27FN4O3S/c1-18-26-12-15-29(18)23-8-4-19(5-9-23)16-27-24(30)21-10-13-28(14-11-21)33(31,32)17-20-2-6-22(25)7-3-20/h2-9,12,15,21H,10-11,13-14,16-17H2,1H3,(H,27,30). The summed E-state index contributed by atoms with van der Waals surface area (Å²) in [4.78, 5) is 16.8. The van der Waals surface area contributed by atoms with Crippen molar-refractivity contribution in [3.63, 3.8) is 0 Å². The molecule has 4 rings (SSSR count). The van der Waals surface area contributed by atoms with Crippen molar-refractivity contribution in [2.24, 2.45) is 5.92 Å². The summed E-state index contributed by atoms with van der Waals surface area (Å²) in [5.41, 5.74) is 2.55. The fraction of sp³-hybridized carbons (Fsp3) is 0.333. The molecule has 3 aromatic rings. The largest absolute Gasteiger partial charge is 0.352 e. The minimum absolute atomic E-state index is 0.0555. The predicted molar refractivity (Wildman–Crippen MR) is 123 cm³/mol. The van der Waals surface area contributed by atoms with Gasteiger partial charge in [0.05, 0.1) is 5.75 Å². The summed E-state index contributed by atoms with van der Waals surface area (Å²) in [5.74, 6) is 0.0724. The lowest BCUT2D eigenvalue weighted by Crippen LogP contribution is -2.43. The van der Waals surface area contributed by atoms with Crippen LogP contribution in [-0.2, 0) is 27.1 Å². The zero-order valence-corrected chi connectivity index (χ0v) is 19.3. The number of amides is 1. The predicted octanol–water partition coefficient (Wildman–Crippen LogP) is 3.18. The summed E-state index contributed by atoms with van der Waals surface area (Å²) in [6, 6.07) is 13.4. The topological polar surface area (TPSA) is 84.3 Å². The van der Waals surface area contributed by atoms with Crippen molar-refractivity contribution >= 4 is 15.9 Å². The normalized spacial score (nSPS) is 15.5. The molecule has 174 valence electrons. The number of aromatic nitrogens is 2. The molecule has 1 amide bonds. The van der Waals surface area contributed by atoms with Gasteiger partial charge < -0.3 is 9.88 Å². The van der Waals surface area contributed by atoms with E-state index in [1.165, 1.54) is 28.6 Å². The van der Waals surface area contributed by atoms with Gasteiger partial charge >= 0.3 is 0 Å². The highest BCUT2D eigenvalue weighted by atomic mass is 32.2. The van der Waals surface area contributed by atoms with Crippen LogP contribution < -0.4 is 5.32 Å². The van der Waals surface area contributed by atoms with E-state index in [2.05, 4.69) is 10.3 Å². The third-order valence-corrected chi connectivity index (χ3v) is 7.84. The van der Waals surface area contributed by atoms with E-state index in [0.29, 0.717) is 38.0 Å². The van der Waals surface area contributed by atoms with Gasteiger partial charge in [-0.3, -0.25) is 4.79 Å². The Morgan fingerprint density at radius 1 is 1.06 bits per heavy atom. The van der Waals surface area contributed by atoms with E-state index in [-0.39, 0.29) is 17.6 Å². The van der Waals surface area contributed by atoms with Gasteiger partial charge in [0.15, 0.2) is 0 Å². The maximum atomic E-state index is 13.1. The third kappa shape index (κ3) is 5.66. The molecule has 33 heavy (non-hydrogen) atoms. The van der Waals surface area contributed by atoms with Crippen molar-refractivity contribution in [3.05, 3.63) is 83.7 Å². The van der Waals surface area contributed by atoms with E-state index in [0.717, 1.165) is 17.1 Å². The highest BCUT2D eigenvalue weighted by molar-refractivity contribution is 7.88. The number of hydrogen-bond donors (Lipinski definition) is 1. The molecule has 1 aliphatic rings. The first-order chi connectivity index (χ1) is 15.8. The van der Waals surface area contributed by atoms with Crippen LogP contribution in [0.25, 0.3) is 5.69 Å². The Hall–Kier alpha value is -3.04. The molecule has 7 nitrogen and oxygen atoms in total. The van der Waals surface area contributed by atoms with Crippen LogP contribution in [0.1, 0.15) is 29.8 Å². The van der Waals surface area contributed by atoms with Crippen LogP contribution in [-0.4, -0.2) is 41.3 Å². The van der Waals surface area contributed by atoms with Gasteiger partial charge in [-0.2, -0.15) is 0 Å². The number of benzene rings is 2. The Bertz CT molecular complexity index is 1200. The monoisotopic (exact) mass is 470 g/mol. The molecule has 0 aliphatic carbocycles. The number of carbonyl (C=O) groups is 1. The van der Waals surface area contributed by atoms with Crippen molar-refractivity contribution < 1.29 is 17.6 Å². The van der Waals surface area contributed by atoms with E-state index in [1.807, 2.05) is 42.0 Å².